The molecule has 0 aliphatic rings. The predicted octanol–water partition coefficient (Wildman–Crippen LogP) is 5.57. The highest BCUT2D eigenvalue weighted by atomic mass is 35.5. The first kappa shape index (κ1) is 20.4. The number of halogens is 1. The van der Waals surface area contributed by atoms with Crippen LogP contribution in [0.15, 0.2) is 42.5 Å². The van der Waals surface area contributed by atoms with Gasteiger partial charge in [0.1, 0.15) is 5.82 Å². The molecule has 0 bridgehead atoms. The molecule has 2 aromatic carbocycles. The molecule has 0 atom stereocenters. The lowest BCUT2D eigenvalue weighted by Crippen LogP contribution is -2.34. The van der Waals surface area contributed by atoms with Crippen LogP contribution in [0.3, 0.4) is 0 Å². The van der Waals surface area contributed by atoms with Crippen LogP contribution in [-0.4, -0.2) is 26.9 Å². The Morgan fingerprint density at radius 3 is 2.46 bits per heavy atom. The standard InChI is InChI=1S/C23H28ClN3O/c1-5-17-7-9-18(10-8-17)23(28)26(14-16(3)4)15-22-25-20-12-11-19(24)13-21(20)27(22)6-2/h7-13,16H,5-6,14-15H2,1-4H3. The number of imidazole rings is 1. The van der Waals surface area contributed by atoms with E-state index >= 15 is 0 Å². The van der Waals surface area contributed by atoms with Gasteiger partial charge in [-0.3, -0.25) is 4.79 Å². The lowest BCUT2D eigenvalue weighted by atomic mass is 10.1. The van der Waals surface area contributed by atoms with Crippen molar-refractivity contribution in [1.82, 2.24) is 14.5 Å². The Kier molecular flexibility index (Phi) is 6.40. The molecule has 0 radical (unpaired) electrons. The molecule has 4 nitrogen and oxygen atoms in total. The second-order valence-corrected chi connectivity index (χ2v) is 7.97. The van der Waals surface area contributed by atoms with Crippen molar-refractivity contribution in [2.24, 2.45) is 5.92 Å². The van der Waals surface area contributed by atoms with Gasteiger partial charge in [0.05, 0.1) is 17.6 Å². The third-order valence-electron chi connectivity index (χ3n) is 4.92. The summed E-state index contributed by atoms with van der Waals surface area (Å²) < 4.78 is 2.14. The van der Waals surface area contributed by atoms with Crippen molar-refractivity contribution < 1.29 is 4.79 Å². The maximum Gasteiger partial charge on any atom is 0.254 e. The summed E-state index contributed by atoms with van der Waals surface area (Å²) in [7, 11) is 0. The number of benzene rings is 2. The molecular weight excluding hydrogens is 370 g/mol. The molecule has 0 unspecified atom stereocenters. The fourth-order valence-electron chi connectivity index (χ4n) is 3.52. The number of aryl methyl sites for hydroxylation is 2. The molecule has 0 aliphatic carbocycles. The van der Waals surface area contributed by atoms with Gasteiger partial charge in [0, 0.05) is 23.7 Å². The predicted molar refractivity (Wildman–Crippen MR) is 116 cm³/mol. The first-order valence-corrected chi connectivity index (χ1v) is 10.3. The fourth-order valence-corrected chi connectivity index (χ4v) is 3.68. The molecule has 0 saturated carbocycles. The van der Waals surface area contributed by atoms with E-state index in [1.165, 1.54) is 5.56 Å². The van der Waals surface area contributed by atoms with Crippen LogP contribution < -0.4 is 0 Å². The third kappa shape index (κ3) is 4.39. The van der Waals surface area contributed by atoms with Crippen LogP contribution in [0.5, 0.6) is 0 Å². The number of nitrogens with zero attached hydrogens (tertiary/aromatic N) is 3. The van der Waals surface area contributed by atoms with Crippen molar-refractivity contribution >= 4 is 28.5 Å². The summed E-state index contributed by atoms with van der Waals surface area (Å²) in [6.45, 7) is 10.4. The first-order valence-electron chi connectivity index (χ1n) is 9.95. The summed E-state index contributed by atoms with van der Waals surface area (Å²) in [6.07, 6.45) is 0.966. The average molecular weight is 398 g/mol. The minimum absolute atomic E-state index is 0.0455. The van der Waals surface area contributed by atoms with Gasteiger partial charge in [-0.15, -0.1) is 0 Å². The van der Waals surface area contributed by atoms with Gasteiger partial charge in [0.2, 0.25) is 0 Å². The number of carbonyl (C=O) groups excluding carboxylic acids is 1. The highest BCUT2D eigenvalue weighted by Gasteiger charge is 2.20. The third-order valence-corrected chi connectivity index (χ3v) is 5.15. The monoisotopic (exact) mass is 397 g/mol. The second kappa shape index (κ2) is 8.78. The van der Waals surface area contributed by atoms with Crippen molar-refractivity contribution in [2.75, 3.05) is 6.54 Å². The molecule has 0 aliphatic heterocycles. The lowest BCUT2D eigenvalue weighted by molar-refractivity contribution is 0.0716. The summed E-state index contributed by atoms with van der Waals surface area (Å²) >= 11 is 6.18. The number of rotatable bonds is 7. The van der Waals surface area contributed by atoms with Gasteiger partial charge >= 0.3 is 0 Å². The van der Waals surface area contributed by atoms with Gasteiger partial charge in [-0.25, -0.2) is 4.98 Å². The van der Waals surface area contributed by atoms with Crippen molar-refractivity contribution in [3.63, 3.8) is 0 Å². The number of fused-ring (bicyclic) bond motifs is 1. The normalized spacial score (nSPS) is 11.4. The highest BCUT2D eigenvalue weighted by molar-refractivity contribution is 6.31. The van der Waals surface area contributed by atoms with Crippen LogP contribution in [0, 0.1) is 5.92 Å². The molecule has 1 heterocycles. The number of aromatic nitrogens is 2. The molecule has 0 N–H and O–H groups in total. The summed E-state index contributed by atoms with van der Waals surface area (Å²) in [5.41, 5.74) is 3.87. The summed E-state index contributed by atoms with van der Waals surface area (Å²) in [6, 6.07) is 13.6. The van der Waals surface area contributed by atoms with E-state index in [1.807, 2.05) is 47.4 Å². The van der Waals surface area contributed by atoms with Crippen molar-refractivity contribution in [1.29, 1.82) is 0 Å². The van der Waals surface area contributed by atoms with E-state index in [0.717, 1.165) is 35.4 Å². The average Bonchev–Trinajstić information content (AvgIpc) is 3.02. The minimum Gasteiger partial charge on any atom is -0.331 e. The van der Waals surface area contributed by atoms with Crippen LogP contribution in [0.25, 0.3) is 11.0 Å². The zero-order valence-corrected chi connectivity index (χ0v) is 17.8. The van der Waals surface area contributed by atoms with E-state index in [0.29, 0.717) is 24.0 Å². The Hall–Kier alpha value is -2.33. The fraction of sp³-hybridized carbons (Fsp3) is 0.391. The topological polar surface area (TPSA) is 38.1 Å². The van der Waals surface area contributed by atoms with Gasteiger partial charge in [0.15, 0.2) is 0 Å². The van der Waals surface area contributed by atoms with E-state index in [9.17, 15) is 4.79 Å². The maximum atomic E-state index is 13.2. The second-order valence-electron chi connectivity index (χ2n) is 7.54. The van der Waals surface area contributed by atoms with Gasteiger partial charge in [-0.2, -0.15) is 0 Å². The maximum absolute atomic E-state index is 13.2. The molecule has 1 aromatic heterocycles. The molecule has 0 spiro atoms. The van der Waals surface area contributed by atoms with Crippen molar-refractivity contribution in [3.05, 3.63) is 64.4 Å². The largest absolute Gasteiger partial charge is 0.331 e. The number of carbonyl (C=O) groups is 1. The molecule has 0 saturated heterocycles. The van der Waals surface area contributed by atoms with Gasteiger partial charge in [0.25, 0.3) is 5.91 Å². The zero-order chi connectivity index (χ0) is 20.3. The summed E-state index contributed by atoms with van der Waals surface area (Å²) in [5.74, 6) is 1.30. The number of amides is 1. The Morgan fingerprint density at radius 2 is 1.86 bits per heavy atom. The zero-order valence-electron chi connectivity index (χ0n) is 17.1. The quantitative estimate of drug-likeness (QED) is 0.522. The van der Waals surface area contributed by atoms with E-state index in [-0.39, 0.29) is 5.91 Å². The Morgan fingerprint density at radius 1 is 1.14 bits per heavy atom. The molecule has 5 heteroatoms. The van der Waals surface area contributed by atoms with Crippen molar-refractivity contribution in [2.45, 2.75) is 47.2 Å². The van der Waals surface area contributed by atoms with Gasteiger partial charge < -0.3 is 9.47 Å². The first-order chi connectivity index (χ1) is 13.4. The minimum atomic E-state index is 0.0455. The SMILES string of the molecule is CCc1ccc(C(=O)N(Cc2nc3ccc(Cl)cc3n2CC)CC(C)C)cc1. The molecule has 148 valence electrons. The molecule has 3 aromatic rings. The summed E-state index contributed by atoms with van der Waals surface area (Å²) in [4.78, 5) is 19.9. The summed E-state index contributed by atoms with van der Waals surface area (Å²) in [5, 5.41) is 0.694. The molecule has 0 fully saturated rings. The Labute approximate surface area is 172 Å². The van der Waals surface area contributed by atoms with Gasteiger partial charge in [-0.05, 0) is 55.2 Å². The van der Waals surface area contributed by atoms with E-state index in [1.54, 1.807) is 0 Å². The number of hydrogen-bond donors (Lipinski definition) is 0. The van der Waals surface area contributed by atoms with Crippen LogP contribution >= 0.6 is 11.6 Å². The van der Waals surface area contributed by atoms with Crippen molar-refractivity contribution in [3.8, 4) is 0 Å². The van der Waals surface area contributed by atoms with E-state index in [4.69, 9.17) is 16.6 Å². The Balaban J connectivity index is 1.94. The van der Waals surface area contributed by atoms with Crippen LogP contribution in [0.2, 0.25) is 5.02 Å². The van der Waals surface area contributed by atoms with Crippen LogP contribution in [0.4, 0.5) is 0 Å². The number of hydrogen-bond acceptors (Lipinski definition) is 2. The van der Waals surface area contributed by atoms with Gasteiger partial charge in [-0.1, -0.05) is 44.5 Å². The van der Waals surface area contributed by atoms with E-state index < -0.39 is 0 Å². The van der Waals surface area contributed by atoms with Crippen LogP contribution in [0.1, 0.15) is 49.4 Å². The molecule has 1 amide bonds. The Bertz CT molecular complexity index is 960. The molecule has 28 heavy (non-hydrogen) atoms. The molecular formula is C23H28ClN3O. The lowest BCUT2D eigenvalue weighted by Gasteiger charge is -2.25. The molecule has 3 rings (SSSR count). The highest BCUT2D eigenvalue weighted by Crippen LogP contribution is 2.22. The smallest absolute Gasteiger partial charge is 0.254 e. The van der Waals surface area contributed by atoms with Crippen LogP contribution in [-0.2, 0) is 19.5 Å². The van der Waals surface area contributed by atoms with E-state index in [2.05, 4.69) is 32.3 Å².